The minimum absolute atomic E-state index is 0.117. The summed E-state index contributed by atoms with van der Waals surface area (Å²) in [6.45, 7) is 4.62. The van der Waals surface area contributed by atoms with Gasteiger partial charge < -0.3 is 24.5 Å². The Morgan fingerprint density at radius 1 is 1.30 bits per heavy atom. The van der Waals surface area contributed by atoms with E-state index in [0.717, 1.165) is 0 Å². The molecule has 27 heavy (non-hydrogen) atoms. The first-order chi connectivity index (χ1) is 12.9. The van der Waals surface area contributed by atoms with Crippen molar-refractivity contribution in [3.05, 3.63) is 29.3 Å². The van der Waals surface area contributed by atoms with Crippen LogP contribution in [0.1, 0.15) is 49.5 Å². The number of hydrogen-bond donors (Lipinski definition) is 2. The van der Waals surface area contributed by atoms with Crippen molar-refractivity contribution in [1.29, 1.82) is 0 Å². The van der Waals surface area contributed by atoms with Gasteiger partial charge in [0.25, 0.3) is 0 Å². The van der Waals surface area contributed by atoms with E-state index in [2.05, 4.69) is 5.32 Å². The van der Waals surface area contributed by atoms with Gasteiger partial charge in [0.1, 0.15) is 11.3 Å². The summed E-state index contributed by atoms with van der Waals surface area (Å²) in [6.07, 6.45) is 1.61. The fourth-order valence-electron chi connectivity index (χ4n) is 2.93. The average Bonchev–Trinajstić information content (AvgIpc) is 2.62. The van der Waals surface area contributed by atoms with E-state index in [4.69, 9.17) is 14.1 Å². The number of para-hydroxylation sites is 1. The van der Waals surface area contributed by atoms with Crippen LogP contribution in [0.5, 0.6) is 5.75 Å². The molecule has 2 N–H and O–H groups in total. The average molecular weight is 377 g/mol. The molecular weight excluding hydrogens is 353 g/mol. The predicted octanol–water partition coefficient (Wildman–Crippen LogP) is 1.24. The molecule has 0 saturated carbocycles. The fraction of sp³-hybridized carbons (Fsp3) is 0.500. The van der Waals surface area contributed by atoms with E-state index in [1.165, 1.54) is 13.0 Å². The zero-order valence-electron chi connectivity index (χ0n) is 15.7. The van der Waals surface area contributed by atoms with Gasteiger partial charge in [-0.05, 0) is 30.9 Å². The molecule has 0 fully saturated rings. The second-order valence-corrected chi connectivity index (χ2v) is 6.34. The van der Waals surface area contributed by atoms with E-state index in [-0.39, 0.29) is 23.1 Å². The molecule has 0 aromatic heterocycles. The highest BCUT2D eigenvalue weighted by Gasteiger charge is 2.37. The maximum atomic E-state index is 12.3. The van der Waals surface area contributed by atoms with Gasteiger partial charge in [-0.1, -0.05) is 26.0 Å². The molecule has 0 saturated heterocycles. The number of amides is 1. The summed E-state index contributed by atoms with van der Waals surface area (Å²) in [5.74, 6) is -2.06. The Bertz CT molecular complexity index is 705. The lowest BCUT2D eigenvalue weighted by Gasteiger charge is -2.28. The molecule has 9 heteroatoms. The van der Waals surface area contributed by atoms with Crippen LogP contribution in [0.15, 0.2) is 18.2 Å². The van der Waals surface area contributed by atoms with Crippen LogP contribution in [0, 0.1) is 5.92 Å². The Morgan fingerprint density at radius 3 is 2.63 bits per heavy atom. The van der Waals surface area contributed by atoms with E-state index in [0.29, 0.717) is 24.8 Å². The van der Waals surface area contributed by atoms with Crippen LogP contribution in [0.25, 0.3) is 0 Å². The number of rotatable bonds is 7. The summed E-state index contributed by atoms with van der Waals surface area (Å²) in [7, 11) is -1.29. The lowest BCUT2D eigenvalue weighted by molar-refractivity contribution is -0.157. The molecule has 1 unspecified atom stereocenters. The van der Waals surface area contributed by atoms with E-state index >= 15 is 0 Å². The SMILES string of the molecule is CCC(CC)C(=O)OCOC(=O)c1cccc2c1OB(O)C(NC(C)=O)C2. The molecule has 1 atom stereocenters. The van der Waals surface area contributed by atoms with E-state index in [1.54, 1.807) is 12.1 Å². The normalized spacial score (nSPS) is 15.6. The van der Waals surface area contributed by atoms with Gasteiger partial charge in [-0.25, -0.2) is 4.79 Å². The Labute approximate surface area is 158 Å². The minimum atomic E-state index is -1.29. The lowest BCUT2D eigenvalue weighted by Crippen LogP contribution is -2.52. The molecule has 1 heterocycles. The quantitative estimate of drug-likeness (QED) is 0.418. The van der Waals surface area contributed by atoms with E-state index in [9.17, 15) is 19.4 Å². The van der Waals surface area contributed by atoms with Crippen molar-refractivity contribution in [2.45, 2.75) is 46.0 Å². The molecule has 0 bridgehead atoms. The molecule has 1 aliphatic heterocycles. The van der Waals surface area contributed by atoms with Gasteiger partial charge in [0, 0.05) is 6.92 Å². The van der Waals surface area contributed by atoms with E-state index < -0.39 is 31.8 Å². The molecule has 1 aliphatic rings. The summed E-state index contributed by atoms with van der Waals surface area (Å²) in [5.41, 5.74) is 0.772. The third kappa shape index (κ3) is 5.23. The summed E-state index contributed by atoms with van der Waals surface area (Å²) in [4.78, 5) is 35.4. The van der Waals surface area contributed by atoms with Gasteiger partial charge in [-0.2, -0.15) is 0 Å². The van der Waals surface area contributed by atoms with Crippen molar-refractivity contribution in [2.24, 2.45) is 5.92 Å². The molecule has 8 nitrogen and oxygen atoms in total. The first-order valence-corrected chi connectivity index (χ1v) is 8.94. The van der Waals surface area contributed by atoms with Gasteiger partial charge in [0.05, 0.1) is 11.9 Å². The second-order valence-electron chi connectivity index (χ2n) is 6.34. The van der Waals surface area contributed by atoms with Crippen LogP contribution >= 0.6 is 0 Å². The molecule has 1 aromatic rings. The van der Waals surface area contributed by atoms with Gasteiger partial charge in [-0.3, -0.25) is 9.59 Å². The van der Waals surface area contributed by atoms with Gasteiger partial charge >= 0.3 is 19.1 Å². The van der Waals surface area contributed by atoms with Crippen LogP contribution in [0.2, 0.25) is 0 Å². The fourth-order valence-corrected chi connectivity index (χ4v) is 2.93. The summed E-state index contributed by atoms with van der Waals surface area (Å²) in [5, 5.41) is 12.7. The standard InChI is InChI=1S/C18H24BNO7/c1-4-12(5-2)17(22)25-10-26-18(23)14-8-6-7-13-9-15(20-11(3)21)19(24)27-16(13)14/h6-8,12,15,24H,4-5,9-10H2,1-3H3,(H,20,21). The molecule has 1 amide bonds. The van der Waals surface area contributed by atoms with Gasteiger partial charge in [0.15, 0.2) is 0 Å². The molecule has 0 aliphatic carbocycles. The number of carbonyl (C=O) groups is 3. The van der Waals surface area contributed by atoms with Crippen LogP contribution in [-0.2, 0) is 25.5 Å². The van der Waals surface area contributed by atoms with E-state index in [1.807, 2.05) is 13.8 Å². The topological polar surface area (TPSA) is 111 Å². The molecule has 0 radical (unpaired) electrons. The molecule has 146 valence electrons. The maximum Gasteiger partial charge on any atom is 0.547 e. The Morgan fingerprint density at radius 2 is 2.00 bits per heavy atom. The molecular formula is C18H24BNO7. The summed E-state index contributed by atoms with van der Waals surface area (Å²) < 4.78 is 15.4. The van der Waals surface area contributed by atoms with Crippen molar-refractivity contribution >= 4 is 25.0 Å². The van der Waals surface area contributed by atoms with Crippen LogP contribution in [0.4, 0.5) is 0 Å². The van der Waals surface area contributed by atoms with Crippen LogP contribution < -0.4 is 9.97 Å². The maximum absolute atomic E-state index is 12.3. The largest absolute Gasteiger partial charge is 0.547 e. The van der Waals surface area contributed by atoms with Crippen molar-refractivity contribution < 1.29 is 33.5 Å². The third-order valence-corrected chi connectivity index (χ3v) is 4.44. The number of carbonyl (C=O) groups excluding carboxylic acids is 3. The highest BCUT2D eigenvalue weighted by atomic mass is 16.7. The van der Waals surface area contributed by atoms with Crippen molar-refractivity contribution in [2.75, 3.05) is 6.79 Å². The number of nitrogens with one attached hydrogen (secondary N) is 1. The first-order valence-electron chi connectivity index (χ1n) is 8.94. The number of esters is 2. The Balaban J connectivity index is 2.02. The highest BCUT2D eigenvalue weighted by molar-refractivity contribution is 6.47. The number of ether oxygens (including phenoxy) is 2. The molecule has 0 spiro atoms. The monoisotopic (exact) mass is 377 g/mol. The smallest absolute Gasteiger partial charge is 0.534 e. The lowest BCUT2D eigenvalue weighted by atomic mass is 9.72. The third-order valence-electron chi connectivity index (χ3n) is 4.44. The zero-order chi connectivity index (χ0) is 20.0. The van der Waals surface area contributed by atoms with Crippen LogP contribution in [0.3, 0.4) is 0 Å². The zero-order valence-corrected chi connectivity index (χ0v) is 15.7. The summed E-state index contributed by atoms with van der Waals surface area (Å²) in [6, 6.07) is 4.88. The Hall–Kier alpha value is -2.55. The molecule has 1 aromatic carbocycles. The summed E-state index contributed by atoms with van der Waals surface area (Å²) >= 11 is 0. The minimum Gasteiger partial charge on any atom is -0.534 e. The first kappa shape index (κ1) is 20.8. The number of fused-ring (bicyclic) bond motifs is 1. The van der Waals surface area contributed by atoms with Crippen molar-refractivity contribution in [3.8, 4) is 5.75 Å². The number of hydrogen-bond acceptors (Lipinski definition) is 7. The van der Waals surface area contributed by atoms with Crippen molar-refractivity contribution in [3.63, 3.8) is 0 Å². The number of benzene rings is 1. The van der Waals surface area contributed by atoms with Crippen LogP contribution in [-0.4, -0.2) is 42.7 Å². The molecule has 2 rings (SSSR count). The van der Waals surface area contributed by atoms with Gasteiger partial charge in [0.2, 0.25) is 12.7 Å². The predicted molar refractivity (Wildman–Crippen MR) is 96.8 cm³/mol. The van der Waals surface area contributed by atoms with Crippen molar-refractivity contribution in [1.82, 2.24) is 5.32 Å². The highest BCUT2D eigenvalue weighted by Crippen LogP contribution is 2.30. The van der Waals surface area contributed by atoms with Gasteiger partial charge in [-0.15, -0.1) is 0 Å². The Kier molecular flexibility index (Phi) is 7.23. The second kappa shape index (κ2) is 9.41.